The zero-order chi connectivity index (χ0) is 24.3. The van der Waals surface area contributed by atoms with E-state index in [4.69, 9.17) is 4.74 Å². The Balaban J connectivity index is 1.54. The molecule has 1 heterocycles. The summed E-state index contributed by atoms with van der Waals surface area (Å²) in [6.45, 7) is 1.21. The van der Waals surface area contributed by atoms with Crippen LogP contribution in [-0.2, 0) is 37.3 Å². The van der Waals surface area contributed by atoms with Gasteiger partial charge in [-0.15, -0.1) is 0 Å². The van der Waals surface area contributed by atoms with Crippen LogP contribution >= 0.6 is 0 Å². The van der Waals surface area contributed by atoms with Crippen LogP contribution in [0.3, 0.4) is 0 Å². The number of ether oxygens (including phenoxy) is 1. The van der Waals surface area contributed by atoms with E-state index in [1.54, 1.807) is 36.4 Å². The van der Waals surface area contributed by atoms with Crippen LogP contribution in [0.15, 0.2) is 77.7 Å². The molecule has 0 fully saturated rings. The molecule has 0 aliphatic carbocycles. The molecule has 1 unspecified atom stereocenters. The number of benzene rings is 3. The number of amides is 1. The van der Waals surface area contributed by atoms with Crippen molar-refractivity contribution in [3.63, 3.8) is 0 Å². The number of nitrogens with one attached hydrogen (secondary N) is 1. The smallest absolute Gasteiger partial charge is 0.325 e. The number of carbonyl (C=O) groups is 2. The molecule has 3 aromatic carbocycles. The molecule has 0 aromatic heterocycles. The Bertz CT molecular complexity index is 1330. The summed E-state index contributed by atoms with van der Waals surface area (Å²) in [6.07, 6.45) is 0.0439. The van der Waals surface area contributed by atoms with Gasteiger partial charge in [-0.3, -0.25) is 9.59 Å². The molecule has 1 aliphatic heterocycles. The quantitative estimate of drug-likeness (QED) is 0.544. The van der Waals surface area contributed by atoms with Crippen molar-refractivity contribution in [1.82, 2.24) is 4.31 Å². The van der Waals surface area contributed by atoms with Gasteiger partial charge in [0, 0.05) is 18.7 Å². The Morgan fingerprint density at radius 3 is 2.35 bits per heavy atom. The maximum atomic E-state index is 14.4. The lowest BCUT2D eigenvalue weighted by Crippen LogP contribution is -2.49. The van der Waals surface area contributed by atoms with Crippen molar-refractivity contribution in [3.8, 4) is 0 Å². The number of hydrogen-bond acceptors (Lipinski definition) is 5. The van der Waals surface area contributed by atoms with Gasteiger partial charge < -0.3 is 10.1 Å². The number of nitrogens with zero attached hydrogens (tertiary/aromatic N) is 1. The summed E-state index contributed by atoms with van der Waals surface area (Å²) in [5.74, 6) is -2.35. The maximum absolute atomic E-state index is 14.4. The Morgan fingerprint density at radius 2 is 1.65 bits per heavy atom. The van der Waals surface area contributed by atoms with Gasteiger partial charge in [0.15, 0.2) is 6.61 Å². The molecular formula is C25H23FN2O5S. The van der Waals surface area contributed by atoms with Crippen LogP contribution in [0.5, 0.6) is 0 Å². The van der Waals surface area contributed by atoms with Crippen molar-refractivity contribution in [2.24, 2.45) is 0 Å². The average molecular weight is 483 g/mol. The number of carbonyl (C=O) groups excluding carboxylic acids is 2. The third-order valence-electron chi connectivity index (χ3n) is 5.58. The van der Waals surface area contributed by atoms with E-state index >= 15 is 0 Å². The van der Waals surface area contributed by atoms with E-state index in [1.807, 2.05) is 19.1 Å². The summed E-state index contributed by atoms with van der Waals surface area (Å²) in [4.78, 5) is 24.7. The number of hydrogen-bond donors (Lipinski definition) is 1. The molecule has 1 atom stereocenters. The first kappa shape index (κ1) is 23.6. The Labute approximate surface area is 197 Å². The molecule has 7 nitrogen and oxygen atoms in total. The van der Waals surface area contributed by atoms with Gasteiger partial charge in [-0.05, 0) is 42.3 Å². The van der Waals surface area contributed by atoms with Gasteiger partial charge in [-0.25, -0.2) is 12.8 Å². The molecule has 0 spiro atoms. The van der Waals surface area contributed by atoms with Crippen LogP contribution in [0.1, 0.15) is 16.7 Å². The molecule has 0 saturated carbocycles. The normalized spacial score (nSPS) is 15.9. The molecule has 176 valence electrons. The average Bonchev–Trinajstić information content (AvgIpc) is 2.83. The fourth-order valence-corrected chi connectivity index (χ4v) is 5.42. The van der Waals surface area contributed by atoms with Crippen molar-refractivity contribution in [3.05, 3.63) is 95.3 Å². The van der Waals surface area contributed by atoms with E-state index < -0.39 is 45.3 Å². The lowest BCUT2D eigenvalue weighted by atomic mass is 9.96. The highest BCUT2D eigenvalue weighted by Crippen LogP contribution is 2.30. The van der Waals surface area contributed by atoms with E-state index in [-0.39, 0.29) is 13.0 Å². The maximum Gasteiger partial charge on any atom is 0.325 e. The molecule has 1 N–H and O–H groups in total. The van der Waals surface area contributed by atoms with Gasteiger partial charge in [0.2, 0.25) is 10.0 Å². The summed E-state index contributed by atoms with van der Waals surface area (Å²) in [6, 6.07) is 18.0. The molecule has 4 rings (SSSR count). The van der Waals surface area contributed by atoms with E-state index in [2.05, 4.69) is 5.32 Å². The van der Waals surface area contributed by atoms with Gasteiger partial charge in [0.1, 0.15) is 16.8 Å². The summed E-state index contributed by atoms with van der Waals surface area (Å²) < 4.78 is 47.2. The summed E-state index contributed by atoms with van der Waals surface area (Å²) >= 11 is 0. The monoisotopic (exact) mass is 482 g/mol. The van der Waals surface area contributed by atoms with Crippen LogP contribution in [-0.4, -0.2) is 37.2 Å². The zero-order valence-electron chi connectivity index (χ0n) is 18.4. The lowest BCUT2D eigenvalue weighted by molar-refractivity contribution is -0.151. The summed E-state index contributed by atoms with van der Waals surface area (Å²) in [7, 11) is -4.36. The predicted octanol–water partition coefficient (Wildman–Crippen LogP) is 3.43. The van der Waals surface area contributed by atoms with E-state index in [1.165, 1.54) is 12.1 Å². The largest absolute Gasteiger partial charge is 0.454 e. The summed E-state index contributed by atoms with van der Waals surface area (Å²) in [5, 5.41) is 2.62. The second-order valence-electron chi connectivity index (χ2n) is 7.99. The first-order valence-electron chi connectivity index (χ1n) is 10.6. The second kappa shape index (κ2) is 9.74. The molecule has 34 heavy (non-hydrogen) atoms. The van der Waals surface area contributed by atoms with E-state index in [9.17, 15) is 22.4 Å². The number of fused-ring (bicyclic) bond motifs is 1. The zero-order valence-corrected chi connectivity index (χ0v) is 19.2. The molecular weight excluding hydrogens is 459 g/mol. The molecule has 0 saturated heterocycles. The molecule has 9 heteroatoms. The number of aryl methyl sites for hydroxylation is 1. The number of halogens is 1. The Morgan fingerprint density at radius 1 is 1.00 bits per heavy atom. The fourth-order valence-electron chi connectivity index (χ4n) is 3.80. The Hall–Kier alpha value is -3.56. The van der Waals surface area contributed by atoms with Crippen molar-refractivity contribution in [1.29, 1.82) is 0 Å². The number of esters is 1. The first-order chi connectivity index (χ1) is 16.3. The Kier molecular flexibility index (Phi) is 6.76. The van der Waals surface area contributed by atoms with Gasteiger partial charge in [-0.2, -0.15) is 4.31 Å². The van der Waals surface area contributed by atoms with Gasteiger partial charge in [-0.1, -0.05) is 54.1 Å². The fraction of sp³-hybridized carbons (Fsp3) is 0.200. The topological polar surface area (TPSA) is 92.8 Å². The molecule has 3 aromatic rings. The van der Waals surface area contributed by atoms with Crippen LogP contribution in [0, 0.1) is 12.7 Å². The second-order valence-corrected chi connectivity index (χ2v) is 9.85. The number of rotatable bonds is 6. The van der Waals surface area contributed by atoms with Crippen LogP contribution in [0.2, 0.25) is 0 Å². The van der Waals surface area contributed by atoms with E-state index in [0.717, 1.165) is 27.6 Å². The molecule has 1 aliphatic rings. The van der Waals surface area contributed by atoms with Gasteiger partial charge in [0.05, 0.1) is 0 Å². The predicted molar refractivity (Wildman–Crippen MR) is 124 cm³/mol. The van der Waals surface area contributed by atoms with Crippen molar-refractivity contribution < 1.29 is 27.1 Å². The number of anilines is 1. The van der Waals surface area contributed by atoms with Gasteiger partial charge >= 0.3 is 5.97 Å². The third kappa shape index (κ3) is 5.00. The SMILES string of the molecule is Cc1ccc(NC(=O)COC(=O)C2Cc3ccccc3CN2S(=O)(=O)c2ccccc2F)cc1. The highest BCUT2D eigenvalue weighted by molar-refractivity contribution is 7.89. The first-order valence-corrected chi connectivity index (χ1v) is 12.1. The highest BCUT2D eigenvalue weighted by atomic mass is 32.2. The summed E-state index contributed by atoms with van der Waals surface area (Å²) in [5.41, 5.74) is 3.07. The van der Waals surface area contributed by atoms with Crippen LogP contribution in [0.4, 0.5) is 10.1 Å². The van der Waals surface area contributed by atoms with Crippen LogP contribution in [0.25, 0.3) is 0 Å². The van der Waals surface area contributed by atoms with E-state index in [0.29, 0.717) is 11.3 Å². The minimum Gasteiger partial charge on any atom is -0.454 e. The van der Waals surface area contributed by atoms with Crippen molar-refractivity contribution >= 4 is 27.6 Å². The standard InChI is InChI=1S/C25H23FN2O5S/c1-17-10-12-20(13-11-17)27-24(29)16-33-25(30)22-14-18-6-2-3-7-19(18)15-28(22)34(31,32)23-9-5-4-8-21(23)26/h2-13,22H,14-16H2,1H3,(H,27,29). The molecule has 0 bridgehead atoms. The van der Waals surface area contributed by atoms with Crippen molar-refractivity contribution in [2.45, 2.75) is 30.8 Å². The molecule has 0 radical (unpaired) electrons. The third-order valence-corrected chi connectivity index (χ3v) is 7.47. The van der Waals surface area contributed by atoms with Gasteiger partial charge in [0.25, 0.3) is 5.91 Å². The number of sulfonamides is 1. The lowest BCUT2D eigenvalue weighted by Gasteiger charge is -2.34. The minimum atomic E-state index is -4.36. The van der Waals surface area contributed by atoms with Crippen molar-refractivity contribution in [2.75, 3.05) is 11.9 Å². The minimum absolute atomic E-state index is 0.0439. The molecule has 1 amide bonds. The van der Waals surface area contributed by atoms with Crippen LogP contribution < -0.4 is 5.32 Å². The highest BCUT2D eigenvalue weighted by Gasteiger charge is 2.41.